The summed E-state index contributed by atoms with van der Waals surface area (Å²) in [5, 5.41) is 0. The first-order chi connectivity index (χ1) is 11.4. The van der Waals surface area contributed by atoms with E-state index in [1.165, 1.54) is 0 Å². The van der Waals surface area contributed by atoms with Crippen molar-refractivity contribution in [1.82, 2.24) is 18.7 Å². The van der Waals surface area contributed by atoms with Gasteiger partial charge < -0.3 is 0 Å². The largest absolute Gasteiger partial charge is 0.237 e. The zero-order valence-corrected chi connectivity index (χ0v) is 12.7. The molecule has 0 saturated carbocycles. The van der Waals surface area contributed by atoms with Crippen LogP contribution in [0.25, 0.3) is 0 Å². The summed E-state index contributed by atoms with van der Waals surface area (Å²) in [7, 11) is 0. The summed E-state index contributed by atoms with van der Waals surface area (Å²) < 4.78 is 8.69. The van der Waals surface area contributed by atoms with E-state index in [1.54, 1.807) is 12.4 Å². The van der Waals surface area contributed by atoms with Gasteiger partial charge in [-0.3, -0.25) is 0 Å². The summed E-state index contributed by atoms with van der Waals surface area (Å²) in [6.45, 7) is 0. The molecule has 0 spiro atoms. The van der Waals surface area contributed by atoms with Gasteiger partial charge >= 0.3 is 0 Å². The minimum absolute atomic E-state index is 0.635. The van der Waals surface area contributed by atoms with E-state index in [9.17, 15) is 0 Å². The Labute approximate surface area is 136 Å². The molecule has 1 aliphatic carbocycles. The minimum atomic E-state index is 0.635. The highest BCUT2D eigenvalue weighted by Gasteiger charge is 2.21. The molecule has 0 aromatic carbocycles. The summed E-state index contributed by atoms with van der Waals surface area (Å²) in [6, 6.07) is 11.2. The molecule has 3 aromatic rings. The first-order valence-corrected chi connectivity index (χ1v) is 7.64. The number of allylic oxidation sites excluding steroid dienone is 2. The summed E-state index contributed by atoms with van der Waals surface area (Å²) in [5.41, 5.74) is 2.90. The van der Waals surface area contributed by atoms with Gasteiger partial charge in [0.1, 0.15) is 11.4 Å². The molecule has 0 amide bonds. The van der Waals surface area contributed by atoms with Gasteiger partial charge in [-0.2, -0.15) is 8.75 Å². The van der Waals surface area contributed by atoms with Crippen LogP contribution in [0.5, 0.6) is 0 Å². The highest BCUT2D eigenvalue weighted by atomic mass is 32.1. The van der Waals surface area contributed by atoms with Crippen LogP contribution in [0.15, 0.2) is 70.9 Å². The number of pyridine rings is 2. The Kier molecular flexibility index (Phi) is 3.53. The Morgan fingerprint density at radius 1 is 0.696 bits per heavy atom. The van der Waals surface area contributed by atoms with Crippen molar-refractivity contribution in [3.8, 4) is 0 Å². The molecule has 0 aliphatic heterocycles. The summed E-state index contributed by atoms with van der Waals surface area (Å²) in [6.07, 6.45) is 7.17. The molecule has 7 heteroatoms. The van der Waals surface area contributed by atoms with E-state index in [0.717, 1.165) is 34.5 Å². The van der Waals surface area contributed by atoms with Gasteiger partial charge in [0, 0.05) is 12.4 Å². The fourth-order valence-electron chi connectivity index (χ4n) is 2.11. The SMILES string of the molecule is C1=CC(=N\c2ccccn2)/c2nsnc2/C1=N\c1ccccn1. The van der Waals surface area contributed by atoms with E-state index in [4.69, 9.17) is 0 Å². The number of nitrogens with zero attached hydrogens (tertiary/aromatic N) is 6. The highest BCUT2D eigenvalue weighted by molar-refractivity contribution is 6.99. The van der Waals surface area contributed by atoms with Crippen LogP contribution in [0, 0.1) is 0 Å². The van der Waals surface area contributed by atoms with Gasteiger partial charge in [-0.25, -0.2) is 20.0 Å². The van der Waals surface area contributed by atoms with Crippen molar-refractivity contribution in [1.29, 1.82) is 0 Å². The zero-order valence-electron chi connectivity index (χ0n) is 11.9. The summed E-state index contributed by atoms with van der Waals surface area (Å²) in [4.78, 5) is 17.5. The molecule has 0 bridgehead atoms. The van der Waals surface area contributed by atoms with Crippen LogP contribution in [0.3, 0.4) is 0 Å². The highest BCUT2D eigenvalue weighted by Crippen LogP contribution is 2.20. The van der Waals surface area contributed by atoms with Gasteiger partial charge in [0.05, 0.1) is 23.2 Å². The maximum atomic E-state index is 4.53. The van der Waals surface area contributed by atoms with Gasteiger partial charge in [-0.15, -0.1) is 0 Å². The Morgan fingerprint density at radius 3 is 1.65 bits per heavy atom. The molecule has 0 N–H and O–H groups in total. The van der Waals surface area contributed by atoms with Crippen molar-refractivity contribution in [2.75, 3.05) is 0 Å². The van der Waals surface area contributed by atoms with E-state index in [-0.39, 0.29) is 0 Å². The number of hydrogen-bond donors (Lipinski definition) is 0. The lowest BCUT2D eigenvalue weighted by molar-refractivity contribution is 1.26. The Balaban J connectivity index is 1.76. The Hall–Kier alpha value is -3.06. The van der Waals surface area contributed by atoms with Crippen molar-refractivity contribution in [3.63, 3.8) is 0 Å². The van der Waals surface area contributed by atoms with Gasteiger partial charge in [0.2, 0.25) is 0 Å². The van der Waals surface area contributed by atoms with Gasteiger partial charge in [0.25, 0.3) is 0 Å². The molecule has 0 unspecified atom stereocenters. The molecule has 0 fully saturated rings. The van der Waals surface area contributed by atoms with Crippen molar-refractivity contribution >= 4 is 34.8 Å². The maximum absolute atomic E-state index is 4.53. The van der Waals surface area contributed by atoms with E-state index in [0.29, 0.717) is 11.6 Å². The average molecular weight is 318 g/mol. The molecule has 3 aromatic heterocycles. The molecular weight excluding hydrogens is 308 g/mol. The molecule has 0 saturated heterocycles. The predicted octanol–water partition coefficient (Wildman–Crippen LogP) is 3.14. The maximum Gasteiger partial charge on any atom is 0.152 e. The van der Waals surface area contributed by atoms with E-state index in [1.807, 2.05) is 48.6 Å². The predicted molar refractivity (Wildman–Crippen MR) is 89.9 cm³/mol. The molecule has 3 heterocycles. The van der Waals surface area contributed by atoms with Crippen LogP contribution in [-0.2, 0) is 0 Å². The third kappa shape index (κ3) is 2.82. The van der Waals surface area contributed by atoms with Gasteiger partial charge in [-0.05, 0) is 36.4 Å². The molecule has 1 aliphatic rings. The van der Waals surface area contributed by atoms with E-state index >= 15 is 0 Å². The second-order valence-corrected chi connectivity index (χ2v) is 5.19. The average Bonchev–Trinajstić information content (AvgIpc) is 3.09. The molecular formula is C16H10N6S. The molecule has 4 rings (SSSR count). The third-order valence-electron chi connectivity index (χ3n) is 3.14. The third-order valence-corrected chi connectivity index (χ3v) is 3.67. The van der Waals surface area contributed by atoms with Crippen molar-refractivity contribution in [2.45, 2.75) is 0 Å². The van der Waals surface area contributed by atoms with Crippen molar-refractivity contribution < 1.29 is 0 Å². The Bertz CT molecular complexity index is 838. The number of hydrogen-bond acceptors (Lipinski definition) is 7. The van der Waals surface area contributed by atoms with Crippen molar-refractivity contribution in [2.24, 2.45) is 9.98 Å². The minimum Gasteiger partial charge on any atom is -0.237 e. The molecule has 23 heavy (non-hydrogen) atoms. The first-order valence-electron chi connectivity index (χ1n) is 6.91. The van der Waals surface area contributed by atoms with Crippen LogP contribution in [0.1, 0.15) is 11.4 Å². The van der Waals surface area contributed by atoms with E-state index in [2.05, 4.69) is 28.7 Å². The molecule has 110 valence electrons. The summed E-state index contributed by atoms with van der Waals surface area (Å²) in [5.74, 6) is 1.27. The lowest BCUT2D eigenvalue weighted by Crippen LogP contribution is -2.13. The number of rotatable bonds is 2. The number of aromatic nitrogens is 4. The number of fused-ring (bicyclic) bond motifs is 1. The lowest BCUT2D eigenvalue weighted by Gasteiger charge is -2.07. The van der Waals surface area contributed by atoms with E-state index < -0.39 is 0 Å². The van der Waals surface area contributed by atoms with Gasteiger partial charge in [-0.1, -0.05) is 12.1 Å². The molecule has 0 atom stereocenters. The van der Waals surface area contributed by atoms with Gasteiger partial charge in [0.15, 0.2) is 11.6 Å². The lowest BCUT2D eigenvalue weighted by atomic mass is 10.0. The second kappa shape index (κ2) is 5.98. The topological polar surface area (TPSA) is 76.3 Å². The smallest absolute Gasteiger partial charge is 0.152 e. The van der Waals surface area contributed by atoms with Crippen LogP contribution in [0.2, 0.25) is 0 Å². The molecule has 6 nitrogen and oxygen atoms in total. The zero-order chi connectivity index (χ0) is 15.5. The summed E-state index contributed by atoms with van der Waals surface area (Å²) >= 11 is 1.14. The van der Waals surface area contributed by atoms with Crippen LogP contribution in [-0.4, -0.2) is 30.1 Å². The molecule has 0 radical (unpaired) electrons. The van der Waals surface area contributed by atoms with Crippen LogP contribution >= 0.6 is 11.7 Å². The number of aliphatic imine (C=N–C) groups is 2. The first kappa shape index (κ1) is 13.6. The fourth-order valence-corrected chi connectivity index (χ4v) is 2.67. The fraction of sp³-hybridized carbons (Fsp3) is 0. The normalized spacial score (nSPS) is 16.7. The quantitative estimate of drug-likeness (QED) is 0.727. The monoisotopic (exact) mass is 318 g/mol. The van der Waals surface area contributed by atoms with Crippen LogP contribution < -0.4 is 0 Å². The Morgan fingerprint density at radius 2 is 1.22 bits per heavy atom. The standard InChI is InChI=1S/C16H10N6S/c1-3-9-17-13(5-1)19-11-7-8-12(16-15(11)21-23-22-16)20-14-6-2-4-10-18-14/h1-10H/b19-11-,20-12+. The van der Waals surface area contributed by atoms with Crippen LogP contribution in [0.4, 0.5) is 11.6 Å². The van der Waals surface area contributed by atoms with Crippen molar-refractivity contribution in [3.05, 3.63) is 72.3 Å². The second-order valence-electron chi connectivity index (χ2n) is 4.66.